The van der Waals surface area contributed by atoms with E-state index in [4.69, 9.17) is 14.8 Å². The Hall–Kier alpha value is -4.20. The number of hydrogen-bond acceptors (Lipinski definition) is 7. The molecule has 8 heteroatoms. The fraction of sp³-hybridized carbons (Fsp3) is 0.0909. The third-order valence-electron chi connectivity index (χ3n) is 4.37. The van der Waals surface area contributed by atoms with Crippen LogP contribution in [0.15, 0.2) is 82.7 Å². The molecule has 0 fully saturated rings. The van der Waals surface area contributed by atoms with Crippen LogP contribution in [-0.4, -0.2) is 21.0 Å². The summed E-state index contributed by atoms with van der Waals surface area (Å²) in [6.45, 7) is 0.435. The number of benzene rings is 1. The summed E-state index contributed by atoms with van der Waals surface area (Å²) in [4.78, 5) is 19.9. The number of aromatic nitrogens is 3. The predicted octanol–water partition coefficient (Wildman–Crippen LogP) is 4.47. The highest BCUT2D eigenvalue weighted by atomic mass is 16.5. The molecule has 148 valence electrons. The minimum atomic E-state index is -0.730. The van der Waals surface area contributed by atoms with Crippen molar-refractivity contribution in [1.82, 2.24) is 15.1 Å². The van der Waals surface area contributed by atoms with Crippen molar-refractivity contribution in [3.05, 3.63) is 95.6 Å². The number of carbonyl (C=O) groups excluding carboxylic acids is 1. The maximum Gasteiger partial charge on any atom is 0.314 e. The van der Waals surface area contributed by atoms with Gasteiger partial charge in [-0.2, -0.15) is 0 Å². The topological polar surface area (TPSA) is 114 Å². The third-order valence-corrected chi connectivity index (χ3v) is 4.37. The maximum atomic E-state index is 11.8. The van der Waals surface area contributed by atoms with Gasteiger partial charge in [0.2, 0.25) is 5.88 Å². The summed E-state index contributed by atoms with van der Waals surface area (Å²) in [6.07, 6.45) is 3.73. The van der Waals surface area contributed by atoms with Gasteiger partial charge in [-0.15, -0.1) is 5.11 Å². The van der Waals surface area contributed by atoms with Gasteiger partial charge in [0.05, 0.1) is 11.3 Å². The zero-order valence-corrected chi connectivity index (χ0v) is 15.9. The highest BCUT2D eigenvalue weighted by Crippen LogP contribution is 2.24. The van der Waals surface area contributed by atoms with E-state index in [1.165, 1.54) is 6.20 Å². The Kier molecular flexibility index (Phi) is 5.66. The molecule has 3 aromatic heterocycles. The number of amides is 1. The average molecular weight is 399 g/mol. The van der Waals surface area contributed by atoms with Gasteiger partial charge in [-0.1, -0.05) is 35.5 Å². The number of pyridine rings is 2. The SMILES string of the molecule is N=NC(=O)c1ncccc1-c1cc(Cc2ccc(COc3ccccn3)cc2)no1. The van der Waals surface area contributed by atoms with Gasteiger partial charge < -0.3 is 9.26 Å². The van der Waals surface area contributed by atoms with Crippen molar-refractivity contribution in [3.8, 4) is 17.2 Å². The van der Waals surface area contributed by atoms with Crippen LogP contribution in [0.25, 0.3) is 11.3 Å². The Bertz CT molecular complexity index is 1160. The van der Waals surface area contributed by atoms with E-state index in [9.17, 15) is 4.79 Å². The summed E-state index contributed by atoms with van der Waals surface area (Å²) in [7, 11) is 0. The molecule has 4 rings (SSSR count). The highest BCUT2D eigenvalue weighted by molar-refractivity contribution is 5.98. The van der Waals surface area contributed by atoms with Crippen LogP contribution in [-0.2, 0) is 13.0 Å². The molecule has 0 saturated carbocycles. The normalized spacial score (nSPS) is 10.5. The molecule has 0 bridgehead atoms. The Morgan fingerprint density at radius 1 is 1.00 bits per heavy atom. The first-order valence-corrected chi connectivity index (χ1v) is 9.17. The highest BCUT2D eigenvalue weighted by Gasteiger charge is 2.17. The molecule has 0 unspecified atom stereocenters. The molecule has 1 aromatic carbocycles. The van der Waals surface area contributed by atoms with E-state index in [1.807, 2.05) is 42.5 Å². The van der Waals surface area contributed by atoms with Crippen LogP contribution in [0.1, 0.15) is 27.3 Å². The minimum Gasteiger partial charge on any atom is -0.473 e. The number of ether oxygens (including phenoxy) is 1. The van der Waals surface area contributed by atoms with Gasteiger partial charge in [-0.3, -0.25) is 9.78 Å². The number of nitrogens with zero attached hydrogens (tertiary/aromatic N) is 4. The number of carbonyl (C=O) groups is 1. The van der Waals surface area contributed by atoms with Crippen LogP contribution in [0, 0.1) is 5.53 Å². The summed E-state index contributed by atoms with van der Waals surface area (Å²) < 4.78 is 11.0. The van der Waals surface area contributed by atoms with Crippen molar-refractivity contribution < 1.29 is 14.1 Å². The molecule has 4 aromatic rings. The van der Waals surface area contributed by atoms with Crippen LogP contribution in [0.5, 0.6) is 5.88 Å². The van der Waals surface area contributed by atoms with Gasteiger partial charge in [-0.25, -0.2) is 10.5 Å². The van der Waals surface area contributed by atoms with Crippen molar-refractivity contribution in [2.45, 2.75) is 13.0 Å². The fourth-order valence-corrected chi connectivity index (χ4v) is 2.90. The molecule has 1 N–H and O–H groups in total. The second-order valence-electron chi connectivity index (χ2n) is 6.45. The fourth-order valence-electron chi connectivity index (χ4n) is 2.90. The Morgan fingerprint density at radius 2 is 1.80 bits per heavy atom. The lowest BCUT2D eigenvalue weighted by molar-refractivity contribution is 0.0986. The van der Waals surface area contributed by atoms with Crippen LogP contribution >= 0.6 is 0 Å². The molecule has 0 aliphatic carbocycles. The average Bonchev–Trinajstić information content (AvgIpc) is 3.27. The first-order chi connectivity index (χ1) is 14.7. The third kappa shape index (κ3) is 4.44. The van der Waals surface area contributed by atoms with E-state index in [0.29, 0.717) is 35.9 Å². The lowest BCUT2D eigenvalue weighted by Gasteiger charge is -2.05. The molecule has 0 aliphatic heterocycles. The first-order valence-electron chi connectivity index (χ1n) is 9.17. The Morgan fingerprint density at radius 3 is 2.57 bits per heavy atom. The van der Waals surface area contributed by atoms with E-state index in [-0.39, 0.29) is 5.69 Å². The first kappa shape index (κ1) is 19.1. The number of nitrogens with one attached hydrogen (secondary N) is 1. The number of rotatable bonds is 7. The Labute approximate surface area is 172 Å². The number of hydrogen-bond donors (Lipinski definition) is 1. The molecule has 0 aliphatic rings. The van der Waals surface area contributed by atoms with Crippen LogP contribution < -0.4 is 4.74 Å². The van der Waals surface area contributed by atoms with E-state index in [1.54, 1.807) is 24.4 Å². The molecule has 3 heterocycles. The van der Waals surface area contributed by atoms with Crippen molar-refractivity contribution in [1.29, 1.82) is 5.53 Å². The van der Waals surface area contributed by atoms with Crippen LogP contribution in [0.3, 0.4) is 0 Å². The summed E-state index contributed by atoms with van der Waals surface area (Å²) >= 11 is 0. The van der Waals surface area contributed by atoms with Crippen molar-refractivity contribution in [2.75, 3.05) is 0 Å². The molecule has 8 nitrogen and oxygen atoms in total. The molecule has 0 spiro atoms. The van der Waals surface area contributed by atoms with E-state index in [0.717, 1.165) is 11.1 Å². The van der Waals surface area contributed by atoms with Gasteiger partial charge in [0.25, 0.3) is 0 Å². The lowest BCUT2D eigenvalue weighted by atomic mass is 10.1. The molecule has 30 heavy (non-hydrogen) atoms. The van der Waals surface area contributed by atoms with Gasteiger partial charge in [0, 0.05) is 30.9 Å². The van der Waals surface area contributed by atoms with Crippen LogP contribution in [0.4, 0.5) is 0 Å². The molecule has 0 saturated heterocycles. The molecular weight excluding hydrogens is 382 g/mol. The quantitative estimate of drug-likeness (QED) is 0.459. The predicted molar refractivity (Wildman–Crippen MR) is 107 cm³/mol. The van der Waals surface area contributed by atoms with E-state index in [2.05, 4.69) is 20.2 Å². The van der Waals surface area contributed by atoms with Gasteiger partial charge in [0.15, 0.2) is 5.76 Å². The Balaban J connectivity index is 1.43. The molecule has 0 radical (unpaired) electrons. The standard InChI is InChI=1S/C22H17N5O3/c23-26-22(28)21-18(4-3-11-25-21)19-13-17(27-30-19)12-15-6-8-16(9-7-15)14-29-20-5-1-2-10-24-20/h1-11,13,23H,12,14H2. The van der Waals surface area contributed by atoms with E-state index < -0.39 is 5.91 Å². The van der Waals surface area contributed by atoms with Crippen molar-refractivity contribution >= 4 is 5.91 Å². The molecular formula is C22H17N5O3. The smallest absolute Gasteiger partial charge is 0.314 e. The lowest BCUT2D eigenvalue weighted by Crippen LogP contribution is -2.00. The second kappa shape index (κ2) is 8.87. The summed E-state index contributed by atoms with van der Waals surface area (Å²) in [6, 6.07) is 18.7. The largest absolute Gasteiger partial charge is 0.473 e. The van der Waals surface area contributed by atoms with Crippen molar-refractivity contribution in [3.63, 3.8) is 0 Å². The molecule has 0 atom stereocenters. The maximum absolute atomic E-state index is 11.8. The molecule has 1 amide bonds. The zero-order chi connectivity index (χ0) is 20.8. The van der Waals surface area contributed by atoms with E-state index >= 15 is 0 Å². The monoisotopic (exact) mass is 399 g/mol. The second-order valence-corrected chi connectivity index (χ2v) is 6.45. The zero-order valence-electron chi connectivity index (χ0n) is 15.9. The minimum absolute atomic E-state index is 0.0625. The summed E-state index contributed by atoms with van der Waals surface area (Å²) in [5.74, 6) is 0.265. The van der Waals surface area contributed by atoms with Gasteiger partial charge in [0.1, 0.15) is 12.3 Å². The van der Waals surface area contributed by atoms with Gasteiger partial charge >= 0.3 is 5.91 Å². The summed E-state index contributed by atoms with van der Waals surface area (Å²) in [5.41, 5.74) is 10.3. The van der Waals surface area contributed by atoms with Crippen LogP contribution in [0.2, 0.25) is 0 Å². The summed E-state index contributed by atoms with van der Waals surface area (Å²) in [5, 5.41) is 7.02. The van der Waals surface area contributed by atoms with Crippen molar-refractivity contribution in [2.24, 2.45) is 5.11 Å². The van der Waals surface area contributed by atoms with Gasteiger partial charge in [-0.05, 0) is 29.3 Å².